The molecule has 2 aromatic rings. The molecule has 0 saturated carbocycles. The number of hydrogen-bond acceptors (Lipinski definition) is 5. The summed E-state index contributed by atoms with van der Waals surface area (Å²) in [6.45, 7) is 0. The number of aliphatic hydroxyl groups is 2. The van der Waals surface area contributed by atoms with E-state index in [0.29, 0.717) is 11.1 Å². The lowest BCUT2D eigenvalue weighted by Gasteiger charge is -2.19. The Kier molecular flexibility index (Phi) is 4.18. The third kappa shape index (κ3) is 2.73. The Balaban J connectivity index is 1.86. The third-order valence-electron chi connectivity index (χ3n) is 3.96. The third-order valence-corrected chi connectivity index (χ3v) is 3.96. The molecule has 1 aromatic heterocycles. The molecule has 1 aromatic carbocycles. The van der Waals surface area contributed by atoms with E-state index in [0.717, 1.165) is 29.7 Å². The lowest BCUT2D eigenvalue weighted by molar-refractivity contribution is 0.0171. The average molecular weight is 298 g/mol. The molecule has 2 atom stereocenters. The van der Waals surface area contributed by atoms with Gasteiger partial charge >= 0.3 is 0 Å². The number of rotatable bonds is 4. The molecule has 0 fully saturated rings. The predicted octanol–water partition coefficient (Wildman–Crippen LogP) is 2.15. The number of nitrogens with zero attached hydrogens (tertiary/aromatic N) is 2. The van der Waals surface area contributed by atoms with Crippen molar-refractivity contribution in [2.75, 3.05) is 7.11 Å². The minimum absolute atomic E-state index is 0.643. The molecule has 0 bridgehead atoms. The minimum atomic E-state index is -0.977. The van der Waals surface area contributed by atoms with Crippen molar-refractivity contribution in [1.82, 2.24) is 4.98 Å². The zero-order chi connectivity index (χ0) is 15.5. The highest BCUT2D eigenvalue weighted by Crippen LogP contribution is 2.32. The molecular formula is C17H18N2O3. The Labute approximate surface area is 128 Å². The SMILES string of the molecule is CO/N=C1\CCc2cc([C@@H](O)[C@H](O)c3ccncc3)ccc21. The highest BCUT2D eigenvalue weighted by molar-refractivity contribution is 6.04. The van der Waals surface area contributed by atoms with Crippen molar-refractivity contribution >= 4 is 5.71 Å². The first-order valence-corrected chi connectivity index (χ1v) is 7.20. The van der Waals surface area contributed by atoms with Crippen molar-refractivity contribution in [3.05, 3.63) is 65.0 Å². The number of aromatic nitrogens is 1. The van der Waals surface area contributed by atoms with Crippen molar-refractivity contribution in [3.63, 3.8) is 0 Å². The lowest BCUT2D eigenvalue weighted by Crippen LogP contribution is -2.11. The summed E-state index contributed by atoms with van der Waals surface area (Å²) in [7, 11) is 1.54. The molecule has 1 aliphatic carbocycles. The van der Waals surface area contributed by atoms with E-state index in [9.17, 15) is 10.2 Å². The Hall–Kier alpha value is -2.24. The Morgan fingerprint density at radius 3 is 2.50 bits per heavy atom. The maximum Gasteiger partial charge on any atom is 0.109 e. The van der Waals surface area contributed by atoms with Gasteiger partial charge in [0.15, 0.2) is 0 Å². The van der Waals surface area contributed by atoms with E-state index in [2.05, 4.69) is 10.1 Å². The quantitative estimate of drug-likeness (QED) is 0.848. The van der Waals surface area contributed by atoms with Crippen LogP contribution in [-0.4, -0.2) is 28.0 Å². The molecule has 22 heavy (non-hydrogen) atoms. The van der Waals surface area contributed by atoms with Crippen molar-refractivity contribution in [2.45, 2.75) is 25.0 Å². The summed E-state index contributed by atoms with van der Waals surface area (Å²) in [6.07, 6.45) is 2.94. The van der Waals surface area contributed by atoms with Crippen LogP contribution < -0.4 is 0 Å². The zero-order valence-corrected chi connectivity index (χ0v) is 12.3. The molecular weight excluding hydrogens is 280 g/mol. The second kappa shape index (κ2) is 6.25. The van der Waals surface area contributed by atoms with Gasteiger partial charge < -0.3 is 15.1 Å². The topological polar surface area (TPSA) is 74.9 Å². The first kappa shape index (κ1) is 14.7. The first-order chi connectivity index (χ1) is 10.7. The van der Waals surface area contributed by atoms with Crippen LogP contribution in [0.2, 0.25) is 0 Å². The summed E-state index contributed by atoms with van der Waals surface area (Å²) < 4.78 is 0. The molecule has 0 saturated heterocycles. The molecule has 0 unspecified atom stereocenters. The van der Waals surface area contributed by atoms with Gasteiger partial charge in [-0.15, -0.1) is 0 Å². The van der Waals surface area contributed by atoms with Gasteiger partial charge in [0.2, 0.25) is 0 Å². The number of fused-ring (bicyclic) bond motifs is 1. The van der Waals surface area contributed by atoms with Crippen LogP contribution in [0.1, 0.15) is 40.9 Å². The number of pyridine rings is 1. The Morgan fingerprint density at radius 2 is 1.77 bits per heavy atom. The summed E-state index contributed by atoms with van der Waals surface area (Å²) in [5, 5.41) is 24.7. The molecule has 5 nitrogen and oxygen atoms in total. The zero-order valence-electron chi connectivity index (χ0n) is 12.3. The maximum atomic E-state index is 10.4. The van der Waals surface area contributed by atoms with Crippen LogP contribution in [0.3, 0.4) is 0 Å². The summed E-state index contributed by atoms with van der Waals surface area (Å²) >= 11 is 0. The number of aliphatic hydroxyl groups excluding tert-OH is 2. The molecule has 3 rings (SSSR count). The van der Waals surface area contributed by atoms with Crippen LogP contribution in [0, 0.1) is 0 Å². The van der Waals surface area contributed by atoms with Gasteiger partial charge in [0.05, 0.1) is 5.71 Å². The molecule has 1 aliphatic rings. The van der Waals surface area contributed by atoms with Crippen LogP contribution in [0.5, 0.6) is 0 Å². The van der Waals surface area contributed by atoms with Gasteiger partial charge in [-0.1, -0.05) is 23.4 Å². The second-order valence-corrected chi connectivity index (χ2v) is 5.31. The summed E-state index contributed by atoms with van der Waals surface area (Å²) in [6, 6.07) is 9.08. The smallest absolute Gasteiger partial charge is 0.109 e. The van der Waals surface area contributed by atoms with Crippen molar-refractivity contribution in [1.29, 1.82) is 0 Å². The number of oxime groups is 1. The largest absolute Gasteiger partial charge is 0.399 e. The van der Waals surface area contributed by atoms with Crippen molar-refractivity contribution in [3.8, 4) is 0 Å². The van der Waals surface area contributed by atoms with Gasteiger partial charge in [-0.25, -0.2) is 0 Å². The molecule has 0 spiro atoms. The fourth-order valence-corrected chi connectivity index (χ4v) is 2.80. The van der Waals surface area contributed by atoms with E-state index in [1.165, 1.54) is 7.11 Å². The maximum absolute atomic E-state index is 10.4. The van der Waals surface area contributed by atoms with E-state index in [-0.39, 0.29) is 0 Å². The first-order valence-electron chi connectivity index (χ1n) is 7.20. The average Bonchev–Trinajstić information content (AvgIpc) is 2.97. The van der Waals surface area contributed by atoms with Gasteiger partial charge in [-0.2, -0.15) is 0 Å². The molecule has 2 N–H and O–H groups in total. The summed E-state index contributed by atoms with van der Waals surface area (Å²) in [4.78, 5) is 8.76. The van der Waals surface area contributed by atoms with Gasteiger partial charge in [0.25, 0.3) is 0 Å². The van der Waals surface area contributed by atoms with E-state index < -0.39 is 12.2 Å². The van der Waals surface area contributed by atoms with Gasteiger partial charge in [0, 0.05) is 18.0 Å². The molecule has 0 aliphatic heterocycles. The van der Waals surface area contributed by atoms with E-state index in [1.807, 2.05) is 18.2 Å². The normalized spacial score (nSPS) is 18.0. The Bertz CT molecular complexity index is 686. The highest BCUT2D eigenvalue weighted by Gasteiger charge is 2.24. The second-order valence-electron chi connectivity index (χ2n) is 5.31. The highest BCUT2D eigenvalue weighted by atomic mass is 16.6. The number of benzene rings is 1. The summed E-state index contributed by atoms with van der Waals surface area (Å²) in [5.41, 5.74) is 4.44. The number of aryl methyl sites for hydroxylation is 1. The van der Waals surface area contributed by atoms with Crippen LogP contribution in [0.15, 0.2) is 47.9 Å². The van der Waals surface area contributed by atoms with Gasteiger partial charge in [0.1, 0.15) is 19.3 Å². The van der Waals surface area contributed by atoms with Crippen LogP contribution in [0.25, 0.3) is 0 Å². The fourth-order valence-electron chi connectivity index (χ4n) is 2.80. The minimum Gasteiger partial charge on any atom is -0.399 e. The van der Waals surface area contributed by atoms with E-state index >= 15 is 0 Å². The molecule has 0 amide bonds. The van der Waals surface area contributed by atoms with Gasteiger partial charge in [-0.05, 0) is 41.7 Å². The summed E-state index contributed by atoms with van der Waals surface area (Å²) in [5.74, 6) is 0. The van der Waals surface area contributed by atoms with Crippen LogP contribution in [0.4, 0.5) is 0 Å². The predicted molar refractivity (Wildman–Crippen MR) is 82.5 cm³/mol. The molecule has 114 valence electrons. The number of hydrogen-bond donors (Lipinski definition) is 2. The lowest BCUT2D eigenvalue weighted by atomic mass is 9.96. The molecule has 5 heteroatoms. The van der Waals surface area contributed by atoms with Gasteiger partial charge in [-0.3, -0.25) is 4.98 Å². The van der Waals surface area contributed by atoms with Crippen LogP contribution >= 0.6 is 0 Å². The Morgan fingerprint density at radius 1 is 1.05 bits per heavy atom. The monoisotopic (exact) mass is 298 g/mol. The van der Waals surface area contributed by atoms with Crippen LogP contribution in [-0.2, 0) is 11.3 Å². The molecule has 0 radical (unpaired) electrons. The van der Waals surface area contributed by atoms with Crippen molar-refractivity contribution < 1.29 is 15.1 Å². The standard InChI is InChI=1S/C17H18N2O3/c1-22-19-15-5-3-12-10-13(2-4-14(12)15)17(21)16(20)11-6-8-18-9-7-11/h2,4,6-10,16-17,20-21H,3,5H2,1H3/b19-15+/t16-,17-/m1/s1. The van der Waals surface area contributed by atoms with E-state index in [1.54, 1.807) is 24.5 Å². The van der Waals surface area contributed by atoms with E-state index in [4.69, 9.17) is 4.84 Å². The van der Waals surface area contributed by atoms with Crippen molar-refractivity contribution in [2.24, 2.45) is 5.16 Å². The molecule has 1 heterocycles. The fraction of sp³-hybridized carbons (Fsp3) is 0.294.